The van der Waals surface area contributed by atoms with E-state index < -0.39 is 11.7 Å². The van der Waals surface area contributed by atoms with Crippen LogP contribution in [-0.4, -0.2) is 16.7 Å². The summed E-state index contributed by atoms with van der Waals surface area (Å²) in [7, 11) is 0. The molecule has 2 aromatic rings. The van der Waals surface area contributed by atoms with E-state index in [0.29, 0.717) is 5.56 Å². The van der Waals surface area contributed by atoms with Crippen LogP contribution in [0.1, 0.15) is 32.2 Å². The topological polar surface area (TPSA) is 113 Å². The molecule has 126 valence electrons. The molecule has 0 spiro atoms. The summed E-state index contributed by atoms with van der Waals surface area (Å²) in [4.78, 5) is 25.9. The number of benzene rings is 2. The zero-order valence-electron chi connectivity index (χ0n) is 13.4. The van der Waals surface area contributed by atoms with Gasteiger partial charge in [-0.3, -0.25) is 9.59 Å². The lowest BCUT2D eigenvalue weighted by Crippen LogP contribution is -2.32. The molecule has 0 saturated carbocycles. The van der Waals surface area contributed by atoms with E-state index in [0.717, 1.165) is 0 Å². The van der Waals surface area contributed by atoms with Crippen molar-refractivity contribution in [3.8, 4) is 11.8 Å². The molecular formula is C20H12N2O4. The van der Waals surface area contributed by atoms with Gasteiger partial charge in [0, 0.05) is 11.1 Å². The van der Waals surface area contributed by atoms with Crippen molar-refractivity contribution in [3.05, 3.63) is 88.0 Å². The standard InChI is InChI=1S/C20H12N2O4/c21-9-14-15(10-5-7-11(23)8-6-10)16-17(24)12-3-1-2-4-13(12)18(25)19(16)26-20(14)22/h1-8,15,23H,22H2/t15-/m1/s1. The summed E-state index contributed by atoms with van der Waals surface area (Å²) in [5, 5.41) is 19.1. The lowest BCUT2D eigenvalue weighted by molar-refractivity contribution is 0.0897. The van der Waals surface area contributed by atoms with Crippen molar-refractivity contribution in [3.63, 3.8) is 0 Å². The number of rotatable bonds is 1. The third-order valence-electron chi connectivity index (χ3n) is 4.51. The van der Waals surface area contributed by atoms with Crippen LogP contribution in [0.2, 0.25) is 0 Å². The molecule has 1 aliphatic heterocycles. The summed E-state index contributed by atoms with van der Waals surface area (Å²) in [5.74, 6) is -1.98. The van der Waals surface area contributed by atoms with Gasteiger partial charge >= 0.3 is 0 Å². The van der Waals surface area contributed by atoms with Crippen LogP contribution in [0, 0.1) is 11.3 Å². The van der Waals surface area contributed by atoms with Crippen molar-refractivity contribution in [1.82, 2.24) is 0 Å². The number of carbonyl (C=O) groups excluding carboxylic acids is 2. The fourth-order valence-corrected chi connectivity index (χ4v) is 3.31. The van der Waals surface area contributed by atoms with Crippen LogP contribution in [-0.2, 0) is 4.74 Å². The molecule has 0 aromatic heterocycles. The van der Waals surface area contributed by atoms with E-state index in [-0.39, 0.29) is 45.4 Å². The molecule has 6 heteroatoms. The second-order valence-electron chi connectivity index (χ2n) is 5.96. The van der Waals surface area contributed by atoms with Crippen LogP contribution in [0.5, 0.6) is 5.75 Å². The lowest BCUT2D eigenvalue weighted by atomic mass is 9.75. The molecule has 1 heterocycles. The minimum absolute atomic E-state index is 0.0434. The molecule has 0 amide bonds. The molecule has 2 aliphatic rings. The van der Waals surface area contributed by atoms with E-state index in [4.69, 9.17) is 10.5 Å². The third-order valence-corrected chi connectivity index (χ3v) is 4.51. The highest BCUT2D eigenvalue weighted by Gasteiger charge is 2.43. The Kier molecular flexibility index (Phi) is 3.38. The normalized spacial score (nSPS) is 18.8. The smallest absolute Gasteiger partial charge is 0.229 e. The van der Waals surface area contributed by atoms with Gasteiger partial charge in [0.15, 0.2) is 11.5 Å². The summed E-state index contributed by atoms with van der Waals surface area (Å²) < 4.78 is 5.40. The summed E-state index contributed by atoms with van der Waals surface area (Å²) in [5.41, 5.74) is 7.07. The van der Waals surface area contributed by atoms with E-state index in [1.807, 2.05) is 6.07 Å². The number of phenols is 1. The molecule has 1 atom stereocenters. The maximum absolute atomic E-state index is 13.1. The van der Waals surface area contributed by atoms with Gasteiger partial charge in [-0.2, -0.15) is 5.26 Å². The third kappa shape index (κ3) is 2.11. The van der Waals surface area contributed by atoms with Crippen molar-refractivity contribution in [2.24, 2.45) is 5.73 Å². The number of aromatic hydroxyl groups is 1. The minimum Gasteiger partial charge on any atom is -0.508 e. The monoisotopic (exact) mass is 344 g/mol. The predicted molar refractivity (Wildman–Crippen MR) is 90.9 cm³/mol. The highest BCUT2D eigenvalue weighted by atomic mass is 16.5. The lowest BCUT2D eigenvalue weighted by Gasteiger charge is -2.30. The highest BCUT2D eigenvalue weighted by molar-refractivity contribution is 6.27. The van der Waals surface area contributed by atoms with Gasteiger partial charge in [0.1, 0.15) is 17.4 Å². The number of Topliss-reactive ketones (excluding diaryl/α,β-unsaturated/α-hetero) is 2. The van der Waals surface area contributed by atoms with Crippen LogP contribution in [0.25, 0.3) is 0 Å². The molecule has 6 nitrogen and oxygen atoms in total. The first-order chi connectivity index (χ1) is 12.5. The van der Waals surface area contributed by atoms with E-state index in [1.165, 1.54) is 12.1 Å². The number of allylic oxidation sites excluding steroid dienone is 3. The number of ketones is 2. The molecule has 3 N–H and O–H groups in total. The van der Waals surface area contributed by atoms with Crippen molar-refractivity contribution in [2.75, 3.05) is 0 Å². The van der Waals surface area contributed by atoms with Gasteiger partial charge in [-0.25, -0.2) is 0 Å². The number of nitrogens with two attached hydrogens (primary N) is 1. The molecule has 0 bridgehead atoms. The van der Waals surface area contributed by atoms with Crippen molar-refractivity contribution < 1.29 is 19.4 Å². The fourth-order valence-electron chi connectivity index (χ4n) is 3.31. The minimum atomic E-state index is -0.839. The van der Waals surface area contributed by atoms with Gasteiger partial charge in [0.25, 0.3) is 0 Å². The second-order valence-corrected chi connectivity index (χ2v) is 5.96. The number of hydrogen-bond donors (Lipinski definition) is 2. The van der Waals surface area contributed by atoms with E-state index >= 15 is 0 Å². The zero-order valence-corrected chi connectivity index (χ0v) is 13.4. The maximum atomic E-state index is 13.1. The van der Waals surface area contributed by atoms with E-state index in [1.54, 1.807) is 36.4 Å². The maximum Gasteiger partial charge on any atom is 0.229 e. The molecule has 1 aliphatic carbocycles. The quantitative estimate of drug-likeness (QED) is 0.822. The Morgan fingerprint density at radius 1 is 1.00 bits per heavy atom. The van der Waals surface area contributed by atoms with E-state index in [9.17, 15) is 20.0 Å². The van der Waals surface area contributed by atoms with Gasteiger partial charge in [0.05, 0.1) is 11.5 Å². The SMILES string of the molecule is N#CC1=C(N)OC2=C(C(=O)c3ccccc3C2=O)[C@@H]1c1ccc(O)cc1. The van der Waals surface area contributed by atoms with Crippen LogP contribution in [0.15, 0.2) is 71.3 Å². The number of ether oxygens (including phenoxy) is 1. The predicted octanol–water partition coefficient (Wildman–Crippen LogP) is 2.53. The van der Waals surface area contributed by atoms with Gasteiger partial charge in [-0.1, -0.05) is 36.4 Å². The van der Waals surface area contributed by atoms with Gasteiger partial charge in [0.2, 0.25) is 11.7 Å². The Hall–Kier alpha value is -3.85. The van der Waals surface area contributed by atoms with Crippen molar-refractivity contribution in [2.45, 2.75) is 5.92 Å². The molecule has 26 heavy (non-hydrogen) atoms. The number of nitrogens with zero attached hydrogens (tertiary/aromatic N) is 1. The average molecular weight is 344 g/mol. The van der Waals surface area contributed by atoms with Crippen LogP contribution >= 0.6 is 0 Å². The fraction of sp³-hybridized carbons (Fsp3) is 0.0500. The number of fused-ring (bicyclic) bond motifs is 1. The summed E-state index contributed by atoms with van der Waals surface area (Å²) in [6, 6.07) is 14.5. The second kappa shape index (κ2) is 5.60. The van der Waals surface area contributed by atoms with E-state index in [2.05, 4.69) is 0 Å². The van der Waals surface area contributed by atoms with Crippen molar-refractivity contribution in [1.29, 1.82) is 5.26 Å². The number of phenolic OH excluding ortho intramolecular Hbond substituents is 1. The Labute approximate surface area is 148 Å². The van der Waals surface area contributed by atoms with Gasteiger partial charge in [-0.05, 0) is 17.7 Å². The largest absolute Gasteiger partial charge is 0.508 e. The van der Waals surface area contributed by atoms with Gasteiger partial charge in [-0.15, -0.1) is 0 Å². The molecule has 0 radical (unpaired) electrons. The Bertz CT molecular complexity index is 1070. The summed E-state index contributed by atoms with van der Waals surface area (Å²) in [6.45, 7) is 0. The molecule has 4 rings (SSSR count). The zero-order chi connectivity index (χ0) is 18.4. The molecular weight excluding hydrogens is 332 g/mol. The van der Waals surface area contributed by atoms with Crippen LogP contribution in [0.4, 0.5) is 0 Å². The molecule has 2 aromatic carbocycles. The average Bonchev–Trinajstić information content (AvgIpc) is 2.66. The Balaban J connectivity index is 1.97. The first-order valence-electron chi connectivity index (χ1n) is 7.82. The summed E-state index contributed by atoms with van der Waals surface area (Å²) >= 11 is 0. The number of carbonyl (C=O) groups is 2. The molecule has 0 saturated heterocycles. The molecule has 0 unspecified atom stereocenters. The summed E-state index contributed by atoms with van der Waals surface area (Å²) in [6.07, 6.45) is 0. The van der Waals surface area contributed by atoms with Gasteiger partial charge < -0.3 is 15.6 Å². The van der Waals surface area contributed by atoms with Crippen LogP contribution in [0.3, 0.4) is 0 Å². The Morgan fingerprint density at radius 2 is 1.62 bits per heavy atom. The van der Waals surface area contributed by atoms with Crippen LogP contribution < -0.4 is 5.73 Å². The number of hydrogen-bond acceptors (Lipinski definition) is 6. The Morgan fingerprint density at radius 3 is 2.23 bits per heavy atom. The first-order valence-corrected chi connectivity index (χ1v) is 7.82. The van der Waals surface area contributed by atoms with Crippen molar-refractivity contribution >= 4 is 11.6 Å². The first kappa shape index (κ1) is 15.7. The highest BCUT2D eigenvalue weighted by Crippen LogP contribution is 2.44. The molecule has 0 fully saturated rings. The number of nitriles is 1.